The first-order chi connectivity index (χ1) is 8.85. The minimum absolute atomic E-state index is 0.937. The van der Waals surface area contributed by atoms with Crippen molar-refractivity contribution in [2.45, 2.75) is 32.2 Å². The number of nitrogens with one attached hydrogen (secondary N) is 1. The maximum atomic E-state index is 5.17. The van der Waals surface area contributed by atoms with Gasteiger partial charge >= 0.3 is 0 Å². The quantitative estimate of drug-likeness (QED) is 0.860. The van der Waals surface area contributed by atoms with Gasteiger partial charge in [-0.1, -0.05) is 18.6 Å². The molecule has 2 bridgehead atoms. The number of methoxy groups -OCH3 is 1. The predicted octanol–water partition coefficient (Wildman–Crippen LogP) is 3.22. The van der Waals surface area contributed by atoms with Gasteiger partial charge in [0.2, 0.25) is 0 Å². The molecule has 18 heavy (non-hydrogen) atoms. The summed E-state index contributed by atoms with van der Waals surface area (Å²) in [7, 11) is 1.71. The van der Waals surface area contributed by atoms with E-state index in [4.69, 9.17) is 4.74 Å². The predicted molar refractivity (Wildman–Crippen MR) is 73.6 cm³/mol. The molecule has 0 amide bonds. The van der Waals surface area contributed by atoms with Crippen LogP contribution >= 0.6 is 0 Å². The Morgan fingerprint density at radius 1 is 1.17 bits per heavy atom. The summed E-state index contributed by atoms with van der Waals surface area (Å²) in [5, 5.41) is 3.63. The zero-order valence-electron chi connectivity index (χ0n) is 11.2. The maximum absolute atomic E-state index is 5.17. The molecule has 1 N–H and O–H groups in total. The molecule has 0 spiro atoms. The van der Waals surface area contributed by atoms with Crippen LogP contribution in [0.15, 0.2) is 24.3 Å². The van der Waals surface area contributed by atoms with Gasteiger partial charge in [0.25, 0.3) is 0 Å². The van der Waals surface area contributed by atoms with E-state index in [1.165, 1.54) is 37.8 Å². The van der Waals surface area contributed by atoms with E-state index < -0.39 is 0 Å². The molecule has 1 aromatic rings. The van der Waals surface area contributed by atoms with Crippen molar-refractivity contribution in [3.8, 4) is 5.75 Å². The van der Waals surface area contributed by atoms with Crippen LogP contribution in [0.1, 0.15) is 31.2 Å². The van der Waals surface area contributed by atoms with E-state index in [9.17, 15) is 0 Å². The van der Waals surface area contributed by atoms with Gasteiger partial charge in [0.05, 0.1) is 7.11 Å². The van der Waals surface area contributed by atoms with Crippen LogP contribution in [0.4, 0.5) is 0 Å². The van der Waals surface area contributed by atoms with Crippen LogP contribution in [0.25, 0.3) is 0 Å². The largest absolute Gasteiger partial charge is 0.497 e. The molecule has 2 aliphatic carbocycles. The topological polar surface area (TPSA) is 21.3 Å². The SMILES string of the molecule is COc1ccc(CNCC2CC3CCC2C3)cc1. The lowest BCUT2D eigenvalue weighted by Crippen LogP contribution is -2.26. The lowest BCUT2D eigenvalue weighted by Gasteiger charge is -2.21. The van der Waals surface area contributed by atoms with Crippen molar-refractivity contribution in [3.63, 3.8) is 0 Å². The number of hydrogen-bond donors (Lipinski definition) is 1. The van der Waals surface area contributed by atoms with E-state index in [2.05, 4.69) is 17.4 Å². The highest BCUT2D eigenvalue weighted by molar-refractivity contribution is 5.26. The fourth-order valence-corrected chi connectivity index (χ4v) is 3.77. The van der Waals surface area contributed by atoms with Gasteiger partial charge in [0, 0.05) is 6.54 Å². The molecule has 3 rings (SSSR count). The molecule has 2 saturated carbocycles. The van der Waals surface area contributed by atoms with Crippen molar-refractivity contribution in [1.82, 2.24) is 5.32 Å². The van der Waals surface area contributed by atoms with E-state index in [1.54, 1.807) is 7.11 Å². The average Bonchev–Trinajstić information content (AvgIpc) is 3.02. The van der Waals surface area contributed by atoms with Gasteiger partial charge < -0.3 is 10.1 Å². The van der Waals surface area contributed by atoms with Crippen molar-refractivity contribution >= 4 is 0 Å². The number of fused-ring (bicyclic) bond motifs is 2. The van der Waals surface area contributed by atoms with Gasteiger partial charge in [-0.2, -0.15) is 0 Å². The number of hydrogen-bond acceptors (Lipinski definition) is 2. The molecule has 0 heterocycles. The van der Waals surface area contributed by atoms with Crippen molar-refractivity contribution in [3.05, 3.63) is 29.8 Å². The van der Waals surface area contributed by atoms with Crippen molar-refractivity contribution in [2.24, 2.45) is 17.8 Å². The molecule has 3 unspecified atom stereocenters. The van der Waals surface area contributed by atoms with Gasteiger partial charge in [-0.15, -0.1) is 0 Å². The van der Waals surface area contributed by atoms with E-state index in [0.29, 0.717) is 0 Å². The van der Waals surface area contributed by atoms with Crippen LogP contribution in [0, 0.1) is 17.8 Å². The van der Waals surface area contributed by atoms with E-state index in [0.717, 1.165) is 30.0 Å². The molecule has 2 aliphatic rings. The zero-order chi connectivity index (χ0) is 12.4. The summed E-state index contributed by atoms with van der Waals surface area (Å²) in [5.74, 6) is 3.97. The lowest BCUT2D eigenvalue weighted by atomic mass is 9.89. The van der Waals surface area contributed by atoms with E-state index in [1.807, 2.05) is 12.1 Å². The molecule has 0 aliphatic heterocycles. The number of ether oxygens (including phenoxy) is 1. The van der Waals surface area contributed by atoms with Gasteiger partial charge in [-0.05, 0) is 61.3 Å². The maximum Gasteiger partial charge on any atom is 0.118 e. The van der Waals surface area contributed by atoms with Gasteiger partial charge in [0.15, 0.2) is 0 Å². The fourth-order valence-electron chi connectivity index (χ4n) is 3.77. The third-order valence-corrected chi connectivity index (χ3v) is 4.78. The Labute approximate surface area is 110 Å². The molecule has 2 heteroatoms. The van der Waals surface area contributed by atoms with E-state index in [-0.39, 0.29) is 0 Å². The van der Waals surface area contributed by atoms with Crippen molar-refractivity contribution in [2.75, 3.05) is 13.7 Å². The third-order valence-electron chi connectivity index (χ3n) is 4.78. The Bertz CT molecular complexity index is 387. The smallest absolute Gasteiger partial charge is 0.118 e. The highest BCUT2D eigenvalue weighted by atomic mass is 16.5. The average molecular weight is 245 g/mol. The second-order valence-electron chi connectivity index (χ2n) is 5.91. The van der Waals surface area contributed by atoms with Crippen molar-refractivity contribution in [1.29, 1.82) is 0 Å². The Hall–Kier alpha value is -1.02. The summed E-state index contributed by atoms with van der Waals surface area (Å²) in [6.45, 7) is 2.19. The second kappa shape index (κ2) is 5.31. The molecule has 1 aromatic carbocycles. The first kappa shape index (κ1) is 12.0. The third kappa shape index (κ3) is 2.54. The van der Waals surface area contributed by atoms with Crippen LogP contribution in [0.5, 0.6) is 5.75 Å². The summed E-state index contributed by atoms with van der Waals surface area (Å²) in [6.07, 6.45) is 5.97. The molecule has 2 fully saturated rings. The number of rotatable bonds is 5. The molecular weight excluding hydrogens is 222 g/mol. The molecule has 0 radical (unpaired) electrons. The molecule has 0 saturated heterocycles. The molecular formula is C16H23NO. The summed E-state index contributed by atoms with van der Waals surface area (Å²) in [6, 6.07) is 8.36. The molecule has 0 aromatic heterocycles. The monoisotopic (exact) mass is 245 g/mol. The summed E-state index contributed by atoms with van der Waals surface area (Å²) in [4.78, 5) is 0. The van der Waals surface area contributed by atoms with Gasteiger partial charge in [-0.25, -0.2) is 0 Å². The highest BCUT2D eigenvalue weighted by Gasteiger charge is 2.38. The zero-order valence-corrected chi connectivity index (χ0v) is 11.2. The van der Waals surface area contributed by atoms with Crippen LogP contribution < -0.4 is 10.1 Å². The highest BCUT2D eigenvalue weighted by Crippen LogP contribution is 2.47. The Morgan fingerprint density at radius 3 is 2.61 bits per heavy atom. The minimum Gasteiger partial charge on any atom is -0.497 e. The summed E-state index contributed by atoms with van der Waals surface area (Å²) >= 11 is 0. The van der Waals surface area contributed by atoms with Gasteiger partial charge in [0.1, 0.15) is 5.75 Å². The molecule has 2 nitrogen and oxygen atoms in total. The number of benzene rings is 1. The van der Waals surface area contributed by atoms with Crippen LogP contribution in [-0.4, -0.2) is 13.7 Å². The lowest BCUT2D eigenvalue weighted by molar-refractivity contribution is 0.318. The second-order valence-corrected chi connectivity index (χ2v) is 5.91. The van der Waals surface area contributed by atoms with Gasteiger partial charge in [-0.3, -0.25) is 0 Å². The first-order valence-electron chi connectivity index (χ1n) is 7.19. The molecule has 3 atom stereocenters. The summed E-state index contributed by atoms with van der Waals surface area (Å²) < 4.78 is 5.17. The van der Waals surface area contributed by atoms with E-state index >= 15 is 0 Å². The fraction of sp³-hybridized carbons (Fsp3) is 0.625. The molecule has 98 valence electrons. The normalized spacial score (nSPS) is 29.7. The standard InChI is InChI=1S/C16H23NO/c1-18-16-6-3-12(4-7-16)10-17-11-15-9-13-2-5-14(15)8-13/h3-4,6-7,13-15,17H,2,5,8-11H2,1H3. The Morgan fingerprint density at radius 2 is 2.00 bits per heavy atom. The van der Waals surface area contributed by atoms with Crippen molar-refractivity contribution < 1.29 is 4.74 Å². The first-order valence-corrected chi connectivity index (χ1v) is 7.19. The summed E-state index contributed by atoms with van der Waals surface area (Å²) in [5.41, 5.74) is 1.35. The minimum atomic E-state index is 0.937. The van der Waals surface area contributed by atoms with Crippen LogP contribution in [0.3, 0.4) is 0 Å². The Balaban J connectivity index is 1.44. The van der Waals surface area contributed by atoms with Crippen LogP contribution in [0.2, 0.25) is 0 Å². The Kier molecular flexibility index (Phi) is 3.55. The van der Waals surface area contributed by atoms with Crippen LogP contribution in [-0.2, 0) is 6.54 Å².